The Balaban J connectivity index is 2.21. The lowest BCUT2D eigenvalue weighted by atomic mass is 10.1. The number of phenolic OH excluding ortho intramolecular Hbond substituents is 1. The van der Waals surface area contributed by atoms with Crippen LogP contribution in [0.25, 0.3) is 11.0 Å². The minimum absolute atomic E-state index is 0.0311. The van der Waals surface area contributed by atoms with E-state index in [1.807, 2.05) is 13.0 Å². The average Bonchev–Trinajstić information content (AvgIpc) is 2.55. The number of allylic oxidation sites excluding steroid dienone is 3. The van der Waals surface area contributed by atoms with Crippen molar-refractivity contribution in [2.75, 3.05) is 13.7 Å². The summed E-state index contributed by atoms with van der Waals surface area (Å²) in [6, 6.07) is 4.69. The van der Waals surface area contributed by atoms with Crippen molar-refractivity contribution in [3.05, 3.63) is 51.9 Å². The number of fused-ring (bicyclic) bond motifs is 1. The molecule has 0 aliphatic rings. The molecule has 2 aromatic rings. The van der Waals surface area contributed by atoms with Gasteiger partial charge in [-0.05, 0) is 51.8 Å². The first-order chi connectivity index (χ1) is 11.9. The van der Waals surface area contributed by atoms with E-state index in [4.69, 9.17) is 13.9 Å². The molecule has 0 aliphatic heterocycles. The van der Waals surface area contributed by atoms with Gasteiger partial charge in [-0.15, -0.1) is 0 Å². The third-order valence-electron chi connectivity index (χ3n) is 3.78. The van der Waals surface area contributed by atoms with Crippen molar-refractivity contribution >= 4 is 11.0 Å². The predicted molar refractivity (Wildman–Crippen MR) is 98.6 cm³/mol. The number of ether oxygens (including phenoxy) is 2. The summed E-state index contributed by atoms with van der Waals surface area (Å²) < 4.78 is 16.1. The van der Waals surface area contributed by atoms with Crippen LogP contribution >= 0.6 is 0 Å². The SMILES string of the molecule is COc1c(OCC=C(C)CCC=C(C)C)c(=O)oc2cccc(O)c12. The van der Waals surface area contributed by atoms with Gasteiger partial charge in [0.25, 0.3) is 0 Å². The second-order valence-corrected chi connectivity index (χ2v) is 6.08. The topological polar surface area (TPSA) is 68.9 Å². The van der Waals surface area contributed by atoms with Crippen LogP contribution < -0.4 is 15.1 Å². The van der Waals surface area contributed by atoms with Crippen molar-refractivity contribution in [2.45, 2.75) is 33.6 Å². The molecule has 0 amide bonds. The molecule has 5 nitrogen and oxygen atoms in total. The highest BCUT2D eigenvalue weighted by Crippen LogP contribution is 2.37. The summed E-state index contributed by atoms with van der Waals surface area (Å²) in [6.45, 7) is 6.39. The molecule has 0 spiro atoms. The maximum absolute atomic E-state index is 12.2. The van der Waals surface area contributed by atoms with Gasteiger partial charge < -0.3 is 19.0 Å². The van der Waals surface area contributed by atoms with Crippen LogP contribution in [0, 0.1) is 0 Å². The van der Waals surface area contributed by atoms with Crippen molar-refractivity contribution in [2.24, 2.45) is 0 Å². The highest BCUT2D eigenvalue weighted by Gasteiger charge is 2.19. The molecule has 0 saturated carbocycles. The van der Waals surface area contributed by atoms with Crippen molar-refractivity contribution in [3.8, 4) is 17.2 Å². The van der Waals surface area contributed by atoms with Gasteiger partial charge in [0, 0.05) is 0 Å². The van der Waals surface area contributed by atoms with E-state index in [0.29, 0.717) is 5.39 Å². The normalized spacial score (nSPS) is 11.4. The molecule has 1 heterocycles. The molecule has 134 valence electrons. The number of aromatic hydroxyl groups is 1. The monoisotopic (exact) mass is 344 g/mol. The van der Waals surface area contributed by atoms with Crippen molar-refractivity contribution in [3.63, 3.8) is 0 Å². The lowest BCUT2D eigenvalue weighted by Crippen LogP contribution is -2.09. The summed E-state index contributed by atoms with van der Waals surface area (Å²) in [7, 11) is 1.42. The van der Waals surface area contributed by atoms with E-state index in [0.717, 1.165) is 12.8 Å². The second-order valence-electron chi connectivity index (χ2n) is 6.08. The summed E-state index contributed by atoms with van der Waals surface area (Å²) in [4.78, 5) is 12.2. The van der Waals surface area contributed by atoms with E-state index in [9.17, 15) is 9.90 Å². The van der Waals surface area contributed by atoms with Crippen LogP contribution in [0.5, 0.6) is 17.2 Å². The van der Waals surface area contributed by atoms with E-state index in [1.165, 1.54) is 24.3 Å². The fourth-order valence-electron chi connectivity index (χ4n) is 2.46. The zero-order valence-electron chi connectivity index (χ0n) is 15.1. The van der Waals surface area contributed by atoms with Crippen LogP contribution in [0.3, 0.4) is 0 Å². The Bertz CT molecular complexity index is 854. The minimum Gasteiger partial charge on any atom is -0.507 e. The highest BCUT2D eigenvalue weighted by molar-refractivity contribution is 5.91. The fraction of sp³-hybridized carbons (Fsp3) is 0.350. The van der Waals surface area contributed by atoms with Gasteiger partial charge in [-0.2, -0.15) is 0 Å². The molecule has 0 fully saturated rings. The fourth-order valence-corrected chi connectivity index (χ4v) is 2.46. The number of hydrogen-bond acceptors (Lipinski definition) is 5. The number of benzene rings is 1. The van der Waals surface area contributed by atoms with Gasteiger partial charge in [0.05, 0.1) is 7.11 Å². The number of hydrogen-bond donors (Lipinski definition) is 1. The number of phenols is 1. The van der Waals surface area contributed by atoms with Gasteiger partial charge in [0.2, 0.25) is 5.75 Å². The zero-order valence-corrected chi connectivity index (χ0v) is 15.1. The van der Waals surface area contributed by atoms with E-state index in [2.05, 4.69) is 19.9 Å². The van der Waals surface area contributed by atoms with Crippen LogP contribution in [-0.2, 0) is 0 Å². The van der Waals surface area contributed by atoms with Crippen molar-refractivity contribution in [1.29, 1.82) is 0 Å². The Morgan fingerprint density at radius 2 is 1.96 bits per heavy atom. The molecule has 0 saturated heterocycles. The van der Waals surface area contributed by atoms with Gasteiger partial charge in [0.15, 0.2) is 5.75 Å². The van der Waals surface area contributed by atoms with E-state index in [1.54, 1.807) is 12.1 Å². The average molecular weight is 344 g/mol. The molecule has 1 aromatic carbocycles. The van der Waals surface area contributed by atoms with Gasteiger partial charge >= 0.3 is 5.63 Å². The standard InChI is InChI=1S/C20H24O5/c1-13(2)7-5-8-14(3)11-12-24-19-18(23-4)17-15(21)9-6-10-16(17)25-20(19)22/h6-7,9-11,21H,5,8,12H2,1-4H3. The maximum Gasteiger partial charge on any atom is 0.383 e. The third-order valence-corrected chi connectivity index (χ3v) is 3.78. The Kier molecular flexibility index (Phi) is 6.28. The van der Waals surface area contributed by atoms with Crippen LogP contribution in [0.4, 0.5) is 0 Å². The van der Waals surface area contributed by atoms with Gasteiger partial charge in [-0.3, -0.25) is 0 Å². The summed E-state index contributed by atoms with van der Waals surface area (Å²) >= 11 is 0. The molecule has 0 unspecified atom stereocenters. The lowest BCUT2D eigenvalue weighted by Gasteiger charge is -2.11. The number of rotatable bonds is 7. The Labute approximate surface area is 147 Å². The zero-order chi connectivity index (χ0) is 18.4. The molecule has 1 N–H and O–H groups in total. The molecule has 25 heavy (non-hydrogen) atoms. The van der Waals surface area contributed by atoms with Crippen LogP contribution in [-0.4, -0.2) is 18.8 Å². The Hall–Kier alpha value is -2.69. The molecule has 0 bridgehead atoms. The highest BCUT2D eigenvalue weighted by atomic mass is 16.5. The Morgan fingerprint density at radius 1 is 1.20 bits per heavy atom. The molecule has 2 rings (SSSR count). The minimum atomic E-state index is -0.634. The summed E-state index contributed by atoms with van der Waals surface area (Å²) in [5, 5.41) is 10.4. The molecule has 0 atom stereocenters. The first kappa shape index (κ1) is 18.6. The first-order valence-corrected chi connectivity index (χ1v) is 8.18. The smallest absolute Gasteiger partial charge is 0.383 e. The maximum atomic E-state index is 12.2. The van der Waals surface area contributed by atoms with E-state index >= 15 is 0 Å². The molecule has 0 aliphatic carbocycles. The first-order valence-electron chi connectivity index (χ1n) is 8.18. The summed E-state index contributed by atoms with van der Waals surface area (Å²) in [5.41, 5.74) is 2.08. The van der Waals surface area contributed by atoms with Crippen molar-refractivity contribution in [1.82, 2.24) is 0 Å². The third kappa shape index (κ3) is 4.66. The molecule has 0 radical (unpaired) electrons. The summed E-state index contributed by atoms with van der Waals surface area (Å²) in [6.07, 6.45) is 6.01. The second kappa shape index (κ2) is 8.42. The molecule has 5 heteroatoms. The lowest BCUT2D eigenvalue weighted by molar-refractivity contribution is 0.308. The van der Waals surface area contributed by atoms with Gasteiger partial charge in [0.1, 0.15) is 23.3 Å². The van der Waals surface area contributed by atoms with E-state index < -0.39 is 5.63 Å². The molecular formula is C20H24O5. The van der Waals surface area contributed by atoms with Gasteiger partial charge in [-0.25, -0.2) is 4.79 Å². The summed E-state index contributed by atoms with van der Waals surface area (Å²) in [5.74, 6) is 0.112. The van der Waals surface area contributed by atoms with Gasteiger partial charge in [-0.1, -0.05) is 23.3 Å². The van der Waals surface area contributed by atoms with Crippen LogP contribution in [0.2, 0.25) is 0 Å². The van der Waals surface area contributed by atoms with Crippen LogP contribution in [0.15, 0.2) is 50.7 Å². The Morgan fingerprint density at radius 3 is 2.64 bits per heavy atom. The number of methoxy groups -OCH3 is 1. The molecular weight excluding hydrogens is 320 g/mol. The van der Waals surface area contributed by atoms with Crippen LogP contribution in [0.1, 0.15) is 33.6 Å². The molecule has 1 aromatic heterocycles. The van der Waals surface area contributed by atoms with Crippen molar-refractivity contribution < 1.29 is 19.0 Å². The quantitative estimate of drug-likeness (QED) is 0.588. The van der Waals surface area contributed by atoms with E-state index in [-0.39, 0.29) is 29.4 Å². The predicted octanol–water partition coefficient (Wildman–Crippen LogP) is 4.58. The largest absolute Gasteiger partial charge is 0.507 e.